The van der Waals surface area contributed by atoms with Gasteiger partial charge in [0.1, 0.15) is 23.0 Å². The molecule has 0 saturated carbocycles. The molecule has 188 valence electrons. The monoisotopic (exact) mass is 484 g/mol. The van der Waals surface area contributed by atoms with E-state index < -0.39 is 0 Å². The Hall–Kier alpha value is -3.92. The summed E-state index contributed by atoms with van der Waals surface area (Å²) in [6.07, 6.45) is 0. The van der Waals surface area contributed by atoms with E-state index in [0.717, 1.165) is 66.8 Å². The molecule has 4 N–H and O–H groups in total. The van der Waals surface area contributed by atoms with Crippen molar-refractivity contribution in [3.8, 4) is 45.3 Å². The predicted octanol–water partition coefficient (Wildman–Crippen LogP) is 8.00. The highest BCUT2D eigenvalue weighted by Crippen LogP contribution is 2.34. The number of hydrogen-bond donors (Lipinski definition) is 4. The SMILES string of the molecule is Cc1cc(-c2cc(C)c(O)c(C)c2)cc(C)c1O.Cc1cc(-c2cc(C)c(O)c(C)c2)cc(C)c1O. The van der Waals surface area contributed by atoms with Gasteiger partial charge in [-0.2, -0.15) is 0 Å². The first-order valence-electron chi connectivity index (χ1n) is 12.0. The van der Waals surface area contributed by atoms with Crippen LogP contribution in [0.25, 0.3) is 22.3 Å². The Kier molecular flexibility index (Phi) is 7.68. The first kappa shape index (κ1) is 26.7. The highest BCUT2D eigenvalue weighted by atomic mass is 16.3. The van der Waals surface area contributed by atoms with Crippen LogP contribution in [-0.4, -0.2) is 20.4 Å². The van der Waals surface area contributed by atoms with E-state index in [-0.39, 0.29) is 0 Å². The molecule has 0 saturated heterocycles. The van der Waals surface area contributed by atoms with Crippen LogP contribution in [0.5, 0.6) is 23.0 Å². The summed E-state index contributed by atoms with van der Waals surface area (Å²) in [7, 11) is 0. The van der Waals surface area contributed by atoms with Crippen molar-refractivity contribution in [2.75, 3.05) is 0 Å². The average molecular weight is 485 g/mol. The second-order valence-corrected chi connectivity index (χ2v) is 9.83. The molecule has 4 aromatic carbocycles. The number of rotatable bonds is 2. The van der Waals surface area contributed by atoms with Crippen LogP contribution in [0.4, 0.5) is 0 Å². The van der Waals surface area contributed by atoms with Crippen LogP contribution < -0.4 is 0 Å². The van der Waals surface area contributed by atoms with Crippen molar-refractivity contribution in [3.05, 3.63) is 93.0 Å². The molecule has 4 nitrogen and oxygen atoms in total. The summed E-state index contributed by atoms with van der Waals surface area (Å²) in [6, 6.07) is 15.7. The Labute approximate surface area is 214 Å². The van der Waals surface area contributed by atoms with Gasteiger partial charge in [0, 0.05) is 0 Å². The molecule has 0 aliphatic carbocycles. The maximum atomic E-state index is 9.79. The fourth-order valence-corrected chi connectivity index (χ4v) is 4.49. The number of aryl methyl sites for hydroxylation is 8. The molecule has 0 bridgehead atoms. The zero-order valence-electron chi connectivity index (χ0n) is 22.4. The highest BCUT2D eigenvalue weighted by Gasteiger charge is 2.10. The molecule has 0 atom stereocenters. The Morgan fingerprint density at radius 1 is 0.278 bits per heavy atom. The van der Waals surface area contributed by atoms with Gasteiger partial charge in [0.05, 0.1) is 0 Å². The lowest BCUT2D eigenvalue weighted by atomic mass is 9.96. The smallest absolute Gasteiger partial charge is 0.121 e. The quantitative estimate of drug-likeness (QED) is 0.232. The minimum absolute atomic E-state index is 0.353. The molecule has 0 fully saturated rings. The van der Waals surface area contributed by atoms with E-state index in [0.29, 0.717) is 23.0 Å². The van der Waals surface area contributed by atoms with E-state index in [1.54, 1.807) is 0 Å². The molecule has 36 heavy (non-hydrogen) atoms. The number of phenols is 4. The van der Waals surface area contributed by atoms with Crippen LogP contribution in [0.3, 0.4) is 0 Å². The van der Waals surface area contributed by atoms with Gasteiger partial charge in [0.15, 0.2) is 0 Å². The first-order chi connectivity index (χ1) is 16.8. The van der Waals surface area contributed by atoms with Gasteiger partial charge in [-0.25, -0.2) is 0 Å². The molecule has 0 aliphatic rings. The first-order valence-corrected chi connectivity index (χ1v) is 12.0. The number of phenolic OH excluding ortho intramolecular Hbond substituents is 4. The topological polar surface area (TPSA) is 80.9 Å². The Bertz CT molecular complexity index is 1130. The maximum Gasteiger partial charge on any atom is 0.121 e. The maximum absolute atomic E-state index is 9.79. The van der Waals surface area contributed by atoms with Gasteiger partial charge in [-0.15, -0.1) is 0 Å². The van der Waals surface area contributed by atoms with Gasteiger partial charge in [-0.05, 0) is 171 Å². The van der Waals surface area contributed by atoms with Crippen LogP contribution in [0.2, 0.25) is 0 Å². The predicted molar refractivity (Wildman–Crippen MR) is 148 cm³/mol. The zero-order valence-corrected chi connectivity index (χ0v) is 22.4. The summed E-state index contributed by atoms with van der Waals surface area (Å²) in [4.78, 5) is 0. The van der Waals surface area contributed by atoms with E-state index in [1.165, 1.54) is 0 Å². The number of aromatic hydroxyl groups is 4. The van der Waals surface area contributed by atoms with E-state index in [4.69, 9.17) is 0 Å². The minimum Gasteiger partial charge on any atom is -0.507 e. The van der Waals surface area contributed by atoms with E-state index in [2.05, 4.69) is 0 Å². The van der Waals surface area contributed by atoms with E-state index >= 15 is 0 Å². The Morgan fingerprint density at radius 3 is 0.500 bits per heavy atom. The van der Waals surface area contributed by atoms with Crippen molar-refractivity contribution >= 4 is 0 Å². The van der Waals surface area contributed by atoms with Crippen LogP contribution in [0, 0.1) is 55.4 Å². The van der Waals surface area contributed by atoms with Gasteiger partial charge >= 0.3 is 0 Å². The third kappa shape index (κ3) is 5.49. The molecule has 0 heterocycles. The lowest BCUT2D eigenvalue weighted by Gasteiger charge is -2.11. The summed E-state index contributed by atoms with van der Waals surface area (Å²) in [5.74, 6) is 1.41. The Balaban J connectivity index is 0.000000201. The zero-order chi connectivity index (χ0) is 26.9. The number of hydrogen-bond acceptors (Lipinski definition) is 4. The molecule has 0 unspecified atom stereocenters. The van der Waals surface area contributed by atoms with Gasteiger partial charge in [0.2, 0.25) is 0 Å². The minimum atomic E-state index is 0.353. The average Bonchev–Trinajstić information content (AvgIpc) is 2.82. The largest absolute Gasteiger partial charge is 0.507 e. The van der Waals surface area contributed by atoms with E-state index in [1.807, 2.05) is 104 Å². The van der Waals surface area contributed by atoms with Crippen LogP contribution in [-0.2, 0) is 0 Å². The van der Waals surface area contributed by atoms with Gasteiger partial charge in [-0.1, -0.05) is 0 Å². The summed E-state index contributed by atoms with van der Waals surface area (Å²) in [5.41, 5.74) is 11.2. The summed E-state index contributed by atoms with van der Waals surface area (Å²) in [5, 5.41) is 39.2. The number of benzene rings is 4. The summed E-state index contributed by atoms with van der Waals surface area (Å²) < 4.78 is 0. The highest BCUT2D eigenvalue weighted by molar-refractivity contribution is 5.71. The van der Waals surface area contributed by atoms with Gasteiger partial charge in [-0.3, -0.25) is 0 Å². The van der Waals surface area contributed by atoms with Crippen molar-refractivity contribution in [2.24, 2.45) is 0 Å². The molecule has 0 spiro atoms. The third-order valence-electron chi connectivity index (χ3n) is 6.63. The van der Waals surface area contributed by atoms with Crippen LogP contribution in [0.15, 0.2) is 48.5 Å². The van der Waals surface area contributed by atoms with Gasteiger partial charge < -0.3 is 20.4 Å². The lowest BCUT2D eigenvalue weighted by Crippen LogP contribution is -1.88. The normalized spacial score (nSPS) is 10.7. The van der Waals surface area contributed by atoms with Crippen molar-refractivity contribution in [3.63, 3.8) is 0 Å². The fourth-order valence-electron chi connectivity index (χ4n) is 4.49. The molecule has 0 aliphatic heterocycles. The summed E-state index contributed by atoms with van der Waals surface area (Å²) >= 11 is 0. The third-order valence-corrected chi connectivity index (χ3v) is 6.63. The molecule has 4 aromatic rings. The molecule has 4 heteroatoms. The van der Waals surface area contributed by atoms with Crippen molar-refractivity contribution in [1.82, 2.24) is 0 Å². The van der Waals surface area contributed by atoms with Crippen molar-refractivity contribution in [2.45, 2.75) is 55.4 Å². The van der Waals surface area contributed by atoms with Gasteiger partial charge in [0.25, 0.3) is 0 Å². The molecule has 4 rings (SSSR count). The molecule has 0 amide bonds. The lowest BCUT2D eigenvalue weighted by molar-refractivity contribution is 0.466. The standard InChI is InChI=1S/2C16H18O2/c2*1-9-5-13(6-10(2)15(9)17)14-7-11(3)16(18)12(4)8-14/h2*5-8,17-18H,1-4H3. The Morgan fingerprint density at radius 2 is 0.389 bits per heavy atom. The molecule has 0 radical (unpaired) electrons. The second-order valence-electron chi connectivity index (χ2n) is 9.83. The summed E-state index contributed by atoms with van der Waals surface area (Å²) in [6.45, 7) is 15.2. The van der Waals surface area contributed by atoms with Crippen LogP contribution >= 0.6 is 0 Å². The fraction of sp³-hybridized carbons (Fsp3) is 0.250. The van der Waals surface area contributed by atoms with Crippen molar-refractivity contribution < 1.29 is 20.4 Å². The second kappa shape index (κ2) is 10.4. The molecule has 0 aromatic heterocycles. The van der Waals surface area contributed by atoms with E-state index in [9.17, 15) is 20.4 Å². The molecular formula is C32H36O4. The van der Waals surface area contributed by atoms with Crippen LogP contribution in [0.1, 0.15) is 44.5 Å². The van der Waals surface area contributed by atoms with Crippen molar-refractivity contribution in [1.29, 1.82) is 0 Å². The molecular weight excluding hydrogens is 448 g/mol.